The zero-order valence-corrected chi connectivity index (χ0v) is 51.8. The van der Waals surface area contributed by atoms with Crippen molar-refractivity contribution in [2.75, 3.05) is 47.5 Å². The van der Waals surface area contributed by atoms with Crippen molar-refractivity contribution in [2.24, 2.45) is 0 Å². The molecule has 2 unspecified atom stereocenters. The summed E-state index contributed by atoms with van der Waals surface area (Å²) in [4.78, 5) is 38.0. The molecule has 0 aromatic rings. The van der Waals surface area contributed by atoms with E-state index in [2.05, 4.69) is 86.8 Å². The lowest BCUT2D eigenvalue weighted by Crippen LogP contribution is -2.37. The number of ether oxygens (including phenoxy) is 2. The van der Waals surface area contributed by atoms with Crippen molar-refractivity contribution in [3.8, 4) is 0 Å². The standard InChI is InChI=1S/C67H122NO8P/c1-6-8-10-12-14-16-18-20-22-24-26-28-30-31-32-33-34-35-36-37-38-40-42-44-46-48-50-52-54-56-58-60-67(70)76-65(64-75-77(71,72)74-62-61-68(3,4)5)63-73-66(69)59-57-55-53-51-49-47-45-43-41-39-29-27-25-23-21-19-17-15-13-11-9-7-2/h8,10,14,16,20,22,26,28,31-32,34-35,65H,6-7,9,11-13,15,17-19,21,23-25,27,29-30,33,36-64H2,1-5H3/b10-8-,16-14-,22-20-,28-26-,32-31-,35-34-. The Morgan fingerprint density at radius 2 is 0.740 bits per heavy atom. The maximum atomic E-state index is 12.8. The van der Waals surface area contributed by atoms with Gasteiger partial charge >= 0.3 is 11.9 Å². The predicted octanol–water partition coefficient (Wildman–Crippen LogP) is 19.8. The first-order valence-electron chi connectivity index (χ1n) is 32.1. The van der Waals surface area contributed by atoms with Crippen LogP contribution in [0.5, 0.6) is 0 Å². The number of nitrogens with zero attached hydrogens (tertiary/aromatic N) is 1. The SMILES string of the molecule is CC/C=C\C/C=C\C/C=C\C/C=C\C/C=C\C/C=C\CCCCCCCCCCCCCCC(=O)OC(COC(=O)CCCCCCCCCCCCCCCCCCCCCCCC)COP(=O)([O-])OCC[N+](C)(C)C. The molecule has 0 aromatic carbocycles. The largest absolute Gasteiger partial charge is 0.756 e. The zero-order valence-electron chi connectivity index (χ0n) is 50.9. The molecule has 0 spiro atoms. The first kappa shape index (κ1) is 74.5. The lowest BCUT2D eigenvalue weighted by Gasteiger charge is -2.28. The summed E-state index contributed by atoms with van der Waals surface area (Å²) in [5.74, 6) is -0.824. The minimum Gasteiger partial charge on any atom is -0.756 e. The van der Waals surface area contributed by atoms with E-state index < -0.39 is 26.5 Å². The molecule has 0 radical (unpaired) electrons. The van der Waals surface area contributed by atoms with Gasteiger partial charge < -0.3 is 27.9 Å². The van der Waals surface area contributed by atoms with Crippen LogP contribution in [0.1, 0.15) is 290 Å². The number of allylic oxidation sites excluding steroid dienone is 12. The van der Waals surface area contributed by atoms with E-state index in [1.54, 1.807) is 0 Å². The van der Waals surface area contributed by atoms with Gasteiger partial charge in [-0.1, -0.05) is 286 Å². The Labute approximate surface area is 476 Å². The first-order valence-corrected chi connectivity index (χ1v) is 33.6. The third-order valence-electron chi connectivity index (χ3n) is 14.0. The Bertz CT molecular complexity index is 1530. The van der Waals surface area contributed by atoms with Gasteiger partial charge in [-0.3, -0.25) is 14.2 Å². The second-order valence-electron chi connectivity index (χ2n) is 22.8. The van der Waals surface area contributed by atoms with Crippen molar-refractivity contribution in [2.45, 2.75) is 296 Å². The fourth-order valence-corrected chi connectivity index (χ4v) is 9.80. The summed E-state index contributed by atoms with van der Waals surface area (Å²) >= 11 is 0. The van der Waals surface area contributed by atoms with Gasteiger partial charge in [0.05, 0.1) is 27.7 Å². The molecular formula is C67H122NO8P. The van der Waals surface area contributed by atoms with Crippen molar-refractivity contribution < 1.29 is 42.1 Å². The van der Waals surface area contributed by atoms with Crippen molar-refractivity contribution >= 4 is 19.8 Å². The van der Waals surface area contributed by atoms with Crippen LogP contribution in [0, 0.1) is 0 Å². The van der Waals surface area contributed by atoms with E-state index in [0.717, 1.165) is 77.0 Å². The van der Waals surface area contributed by atoms with E-state index in [0.29, 0.717) is 17.4 Å². The summed E-state index contributed by atoms with van der Waals surface area (Å²) < 4.78 is 34.3. The molecule has 0 aliphatic carbocycles. The number of carbonyl (C=O) groups excluding carboxylic acids is 2. The molecule has 0 saturated heterocycles. The average Bonchev–Trinajstić information content (AvgIpc) is 3.39. The topological polar surface area (TPSA) is 111 Å². The third kappa shape index (κ3) is 62.5. The van der Waals surface area contributed by atoms with Gasteiger partial charge in [0.15, 0.2) is 6.10 Å². The number of unbranched alkanes of at least 4 members (excludes halogenated alkanes) is 33. The molecule has 0 heterocycles. The van der Waals surface area contributed by atoms with Gasteiger partial charge in [0.1, 0.15) is 19.8 Å². The van der Waals surface area contributed by atoms with Crippen LogP contribution >= 0.6 is 7.82 Å². The summed E-state index contributed by atoms with van der Waals surface area (Å²) in [6.45, 7) is 4.16. The maximum Gasteiger partial charge on any atom is 0.306 e. The van der Waals surface area contributed by atoms with Gasteiger partial charge in [-0.15, -0.1) is 0 Å². The Hall–Kier alpha value is -2.55. The summed E-state index contributed by atoms with van der Waals surface area (Å²) in [7, 11) is 1.17. The van der Waals surface area contributed by atoms with Crippen LogP contribution in [0.2, 0.25) is 0 Å². The number of phosphoric acid groups is 1. The number of hydrogen-bond acceptors (Lipinski definition) is 8. The summed E-state index contributed by atoms with van der Waals surface area (Å²) in [6, 6.07) is 0. The minimum atomic E-state index is -4.64. The van der Waals surface area contributed by atoms with Crippen molar-refractivity contribution in [1.29, 1.82) is 0 Å². The molecule has 0 aliphatic rings. The summed E-state index contributed by atoms with van der Waals surface area (Å²) in [5, 5.41) is 0. The molecule has 448 valence electrons. The van der Waals surface area contributed by atoms with Gasteiger partial charge in [0.25, 0.3) is 7.82 Å². The minimum absolute atomic E-state index is 0.0317. The number of quaternary nitrogens is 1. The van der Waals surface area contributed by atoms with Crippen LogP contribution in [0.4, 0.5) is 0 Å². The molecule has 10 heteroatoms. The van der Waals surface area contributed by atoms with Gasteiger partial charge in [-0.05, 0) is 64.2 Å². The first-order chi connectivity index (χ1) is 37.5. The molecule has 9 nitrogen and oxygen atoms in total. The highest BCUT2D eigenvalue weighted by atomic mass is 31.2. The van der Waals surface area contributed by atoms with E-state index in [9.17, 15) is 19.0 Å². The second-order valence-corrected chi connectivity index (χ2v) is 24.2. The molecule has 0 aromatic heterocycles. The molecule has 0 amide bonds. The number of hydrogen-bond donors (Lipinski definition) is 0. The highest BCUT2D eigenvalue weighted by Crippen LogP contribution is 2.38. The molecule has 0 aliphatic heterocycles. The van der Waals surface area contributed by atoms with E-state index in [1.165, 1.54) is 180 Å². The van der Waals surface area contributed by atoms with Crippen LogP contribution in [0.3, 0.4) is 0 Å². The smallest absolute Gasteiger partial charge is 0.306 e. The van der Waals surface area contributed by atoms with Gasteiger partial charge in [0, 0.05) is 12.8 Å². The fraction of sp³-hybridized carbons (Fsp3) is 0.791. The normalized spacial score (nSPS) is 13.7. The molecule has 0 saturated carbocycles. The maximum absolute atomic E-state index is 12.8. The Morgan fingerprint density at radius 1 is 0.416 bits per heavy atom. The van der Waals surface area contributed by atoms with E-state index in [1.807, 2.05) is 21.1 Å². The van der Waals surface area contributed by atoms with Crippen LogP contribution in [0.15, 0.2) is 72.9 Å². The zero-order chi connectivity index (χ0) is 56.3. The lowest BCUT2D eigenvalue weighted by molar-refractivity contribution is -0.870. The number of likely N-dealkylation sites (N-methyl/N-ethyl adjacent to an activating group) is 1. The monoisotopic (exact) mass is 1100 g/mol. The molecule has 0 bridgehead atoms. The van der Waals surface area contributed by atoms with Crippen LogP contribution in [-0.4, -0.2) is 70.0 Å². The van der Waals surface area contributed by atoms with Gasteiger partial charge in [-0.25, -0.2) is 0 Å². The highest BCUT2D eigenvalue weighted by Gasteiger charge is 2.22. The molecule has 77 heavy (non-hydrogen) atoms. The van der Waals surface area contributed by atoms with Crippen molar-refractivity contribution in [3.05, 3.63) is 72.9 Å². The Balaban J connectivity index is 4.09. The average molecular weight is 1100 g/mol. The Kier molecular flexibility index (Phi) is 56.2. The predicted molar refractivity (Wildman–Crippen MR) is 328 cm³/mol. The molecule has 0 N–H and O–H groups in total. The molecule has 2 atom stereocenters. The van der Waals surface area contributed by atoms with Crippen molar-refractivity contribution in [1.82, 2.24) is 0 Å². The quantitative estimate of drug-likeness (QED) is 0.0195. The number of carbonyl (C=O) groups is 2. The third-order valence-corrected chi connectivity index (χ3v) is 15.0. The van der Waals surface area contributed by atoms with Crippen LogP contribution in [0.25, 0.3) is 0 Å². The van der Waals surface area contributed by atoms with E-state index >= 15 is 0 Å². The second kappa shape index (κ2) is 58.1. The summed E-state index contributed by atoms with van der Waals surface area (Å²) in [5.41, 5.74) is 0. The van der Waals surface area contributed by atoms with Crippen LogP contribution < -0.4 is 4.89 Å². The lowest BCUT2D eigenvalue weighted by atomic mass is 10.0. The van der Waals surface area contributed by atoms with Crippen LogP contribution in [-0.2, 0) is 32.7 Å². The molecule has 0 fully saturated rings. The number of esters is 2. The van der Waals surface area contributed by atoms with E-state index in [4.69, 9.17) is 18.5 Å². The summed E-state index contributed by atoms with van der Waals surface area (Å²) in [6.07, 6.45) is 76.7. The van der Waals surface area contributed by atoms with E-state index in [-0.39, 0.29) is 32.0 Å². The Morgan fingerprint density at radius 3 is 1.10 bits per heavy atom. The van der Waals surface area contributed by atoms with Crippen molar-refractivity contribution in [3.63, 3.8) is 0 Å². The van der Waals surface area contributed by atoms with Gasteiger partial charge in [0.2, 0.25) is 0 Å². The highest BCUT2D eigenvalue weighted by molar-refractivity contribution is 7.45. The van der Waals surface area contributed by atoms with Gasteiger partial charge in [-0.2, -0.15) is 0 Å². The fourth-order valence-electron chi connectivity index (χ4n) is 9.07. The molecular weight excluding hydrogens is 978 g/mol. The number of rotatable bonds is 59. The molecule has 0 rings (SSSR count). The number of phosphoric ester groups is 1.